The summed E-state index contributed by atoms with van der Waals surface area (Å²) in [5.41, 5.74) is -0.636. The van der Waals surface area contributed by atoms with Crippen LogP contribution in [0.5, 0.6) is 0 Å². The van der Waals surface area contributed by atoms with E-state index < -0.39 is 23.5 Å². The van der Waals surface area contributed by atoms with Gasteiger partial charge in [0.1, 0.15) is 18.6 Å². The van der Waals surface area contributed by atoms with Crippen molar-refractivity contribution in [2.24, 2.45) is 5.16 Å². The van der Waals surface area contributed by atoms with E-state index >= 15 is 0 Å². The number of oxime groups is 1. The maximum absolute atomic E-state index is 12.2. The maximum Gasteiger partial charge on any atom is 0.357 e. The molecule has 1 atom stereocenters. The van der Waals surface area contributed by atoms with Gasteiger partial charge in [0.15, 0.2) is 5.71 Å². The van der Waals surface area contributed by atoms with Gasteiger partial charge in [-0.25, -0.2) is 4.79 Å². The van der Waals surface area contributed by atoms with Crippen LogP contribution in [0.15, 0.2) is 35.5 Å². The quantitative estimate of drug-likeness (QED) is 0.511. The second-order valence-electron chi connectivity index (χ2n) is 5.34. The van der Waals surface area contributed by atoms with Gasteiger partial charge in [-0.1, -0.05) is 35.5 Å². The normalized spacial score (nSPS) is 13.4. The highest BCUT2D eigenvalue weighted by atomic mass is 16.6. The van der Waals surface area contributed by atoms with Crippen molar-refractivity contribution >= 4 is 17.7 Å². The molecule has 0 saturated heterocycles. The molecule has 1 unspecified atom stereocenters. The van der Waals surface area contributed by atoms with Crippen molar-refractivity contribution < 1.29 is 24.3 Å². The molecule has 6 nitrogen and oxygen atoms in total. The topological polar surface area (TPSA) is 85.2 Å². The van der Waals surface area contributed by atoms with Crippen molar-refractivity contribution in [2.45, 2.75) is 32.3 Å². The molecule has 0 heterocycles. The number of esters is 1. The van der Waals surface area contributed by atoms with Crippen LogP contribution in [0, 0.1) is 0 Å². The third-order valence-corrected chi connectivity index (χ3v) is 2.45. The van der Waals surface area contributed by atoms with Crippen LogP contribution in [0.25, 0.3) is 0 Å². The van der Waals surface area contributed by atoms with E-state index in [0.29, 0.717) is 5.56 Å². The lowest BCUT2D eigenvalue weighted by Crippen LogP contribution is -2.35. The van der Waals surface area contributed by atoms with E-state index in [1.807, 2.05) is 0 Å². The number of rotatable bonds is 5. The van der Waals surface area contributed by atoms with Gasteiger partial charge in [-0.15, -0.1) is 0 Å². The van der Waals surface area contributed by atoms with Crippen LogP contribution in [-0.4, -0.2) is 35.5 Å². The van der Waals surface area contributed by atoms with Gasteiger partial charge in [-0.2, -0.15) is 0 Å². The molecule has 114 valence electrons. The molecule has 0 aliphatic carbocycles. The summed E-state index contributed by atoms with van der Waals surface area (Å²) in [5, 5.41) is 13.0. The van der Waals surface area contributed by atoms with Gasteiger partial charge in [0.2, 0.25) is 0 Å². The average Bonchev–Trinajstić information content (AvgIpc) is 2.37. The molecular weight excluding hydrogens is 274 g/mol. The Bertz CT molecular complexity index is 531. The monoisotopic (exact) mass is 293 g/mol. The number of benzene rings is 1. The molecule has 0 aliphatic heterocycles. The van der Waals surface area contributed by atoms with Crippen LogP contribution >= 0.6 is 0 Å². The molecule has 1 N–H and O–H groups in total. The summed E-state index contributed by atoms with van der Waals surface area (Å²) in [7, 11) is 1.24. The third kappa shape index (κ3) is 4.91. The summed E-state index contributed by atoms with van der Waals surface area (Å²) < 4.78 is 5.19. The minimum Gasteiger partial charge on any atom is -0.480 e. The van der Waals surface area contributed by atoms with Crippen molar-refractivity contribution in [3.63, 3.8) is 0 Å². The number of carboxylic acid groups (broad SMARTS) is 1. The number of ether oxygens (including phenoxy) is 1. The number of nitrogens with zero attached hydrogens (tertiary/aromatic N) is 1. The van der Waals surface area contributed by atoms with Crippen molar-refractivity contribution in [2.75, 3.05) is 7.11 Å². The van der Waals surface area contributed by atoms with Crippen molar-refractivity contribution in [1.82, 2.24) is 0 Å². The van der Waals surface area contributed by atoms with E-state index in [4.69, 9.17) is 4.74 Å². The molecule has 0 fully saturated rings. The van der Waals surface area contributed by atoms with E-state index in [1.165, 1.54) is 7.11 Å². The molecule has 1 rings (SSSR count). The zero-order valence-corrected chi connectivity index (χ0v) is 12.5. The zero-order chi connectivity index (χ0) is 16.0. The Hall–Kier alpha value is -2.37. The molecule has 1 aromatic rings. The fourth-order valence-electron chi connectivity index (χ4n) is 1.70. The van der Waals surface area contributed by atoms with Gasteiger partial charge in [-0.05, 0) is 26.3 Å². The van der Waals surface area contributed by atoms with E-state index in [0.717, 1.165) is 0 Å². The van der Waals surface area contributed by atoms with E-state index in [2.05, 4.69) is 9.99 Å². The molecule has 21 heavy (non-hydrogen) atoms. The van der Waals surface area contributed by atoms with E-state index in [1.54, 1.807) is 51.1 Å². The largest absolute Gasteiger partial charge is 0.480 e. The number of hydrogen-bond acceptors (Lipinski definition) is 5. The van der Waals surface area contributed by atoms with Crippen LogP contribution in [-0.2, 0) is 19.2 Å². The van der Waals surface area contributed by atoms with Gasteiger partial charge in [-0.3, -0.25) is 4.79 Å². The second kappa shape index (κ2) is 6.88. The molecular formula is C15H19NO5. The second-order valence-corrected chi connectivity index (χ2v) is 5.34. The highest BCUT2D eigenvalue weighted by molar-refractivity contribution is 6.42. The van der Waals surface area contributed by atoms with Gasteiger partial charge in [0.25, 0.3) is 0 Å². The summed E-state index contributed by atoms with van der Waals surface area (Å²) in [4.78, 5) is 28.3. The molecule has 0 radical (unpaired) electrons. The van der Waals surface area contributed by atoms with Crippen LogP contribution < -0.4 is 0 Å². The molecule has 0 bridgehead atoms. The van der Waals surface area contributed by atoms with Gasteiger partial charge < -0.3 is 14.7 Å². The first-order chi connectivity index (χ1) is 9.76. The fraction of sp³-hybridized carbons (Fsp3) is 0.400. The minimum absolute atomic E-state index is 0.300. The Morgan fingerprint density at radius 1 is 1.19 bits per heavy atom. The summed E-state index contributed by atoms with van der Waals surface area (Å²) in [6, 6.07) is 8.33. The number of hydrogen-bond donors (Lipinski definition) is 1. The van der Waals surface area contributed by atoms with Crippen LogP contribution in [0.1, 0.15) is 32.3 Å². The molecule has 0 aromatic heterocycles. The first-order valence-electron chi connectivity index (χ1n) is 6.38. The lowest BCUT2D eigenvalue weighted by atomic mass is 9.94. The fourth-order valence-corrected chi connectivity index (χ4v) is 1.70. The average molecular weight is 293 g/mol. The molecule has 1 aromatic carbocycles. The highest BCUT2D eigenvalue weighted by Crippen LogP contribution is 2.21. The SMILES string of the molecule is CO/N=C(/C(=O)OC(C)(C)C)C(C(=O)O)c1ccccc1. The van der Waals surface area contributed by atoms with Gasteiger partial charge >= 0.3 is 11.9 Å². The smallest absolute Gasteiger partial charge is 0.357 e. The van der Waals surface area contributed by atoms with Gasteiger partial charge in [0.05, 0.1) is 0 Å². The number of aliphatic carboxylic acids is 1. The number of carbonyl (C=O) groups excluding carboxylic acids is 1. The number of carboxylic acids is 1. The Morgan fingerprint density at radius 2 is 1.76 bits per heavy atom. The Labute approximate surface area is 123 Å². The van der Waals surface area contributed by atoms with E-state index in [-0.39, 0.29) is 5.71 Å². The standard InChI is InChI=1S/C15H19NO5/c1-15(2,3)21-14(19)12(16-20-4)11(13(17)18)10-8-6-5-7-9-10/h5-9,11H,1-4H3,(H,17,18)/b16-12+. The first kappa shape index (κ1) is 16.7. The lowest BCUT2D eigenvalue weighted by Gasteiger charge is -2.21. The van der Waals surface area contributed by atoms with Crippen molar-refractivity contribution in [3.8, 4) is 0 Å². The Morgan fingerprint density at radius 3 is 2.19 bits per heavy atom. The number of carbonyl (C=O) groups is 2. The lowest BCUT2D eigenvalue weighted by molar-refractivity contribution is -0.148. The highest BCUT2D eigenvalue weighted by Gasteiger charge is 2.34. The predicted molar refractivity (Wildman–Crippen MR) is 77.1 cm³/mol. The molecule has 0 aliphatic rings. The maximum atomic E-state index is 12.2. The molecule has 0 spiro atoms. The first-order valence-corrected chi connectivity index (χ1v) is 6.38. The van der Waals surface area contributed by atoms with Crippen molar-refractivity contribution in [3.05, 3.63) is 35.9 Å². The predicted octanol–water partition coefficient (Wildman–Crippen LogP) is 2.20. The van der Waals surface area contributed by atoms with Crippen LogP contribution in [0.3, 0.4) is 0 Å². The summed E-state index contributed by atoms with van der Waals surface area (Å²) in [6.07, 6.45) is 0. The summed E-state index contributed by atoms with van der Waals surface area (Å²) >= 11 is 0. The molecule has 0 saturated carbocycles. The Balaban J connectivity index is 3.20. The third-order valence-electron chi connectivity index (χ3n) is 2.45. The minimum atomic E-state index is -1.25. The van der Waals surface area contributed by atoms with Crippen molar-refractivity contribution in [1.29, 1.82) is 0 Å². The summed E-state index contributed by atoms with van der Waals surface area (Å²) in [5.74, 6) is -3.27. The van der Waals surface area contributed by atoms with Crippen LogP contribution in [0.4, 0.5) is 0 Å². The van der Waals surface area contributed by atoms with Gasteiger partial charge in [0, 0.05) is 0 Å². The van der Waals surface area contributed by atoms with E-state index in [9.17, 15) is 14.7 Å². The Kier molecular flexibility index (Phi) is 5.46. The summed E-state index contributed by atoms with van der Waals surface area (Å²) in [6.45, 7) is 5.06. The zero-order valence-electron chi connectivity index (χ0n) is 12.5. The van der Waals surface area contributed by atoms with Crippen LogP contribution in [0.2, 0.25) is 0 Å². The molecule has 6 heteroatoms. The molecule has 0 amide bonds.